The molecule has 2 heterocycles. The topological polar surface area (TPSA) is 55.6 Å². The van der Waals surface area contributed by atoms with Gasteiger partial charge in [-0.2, -0.15) is 0 Å². The highest BCUT2D eigenvalue weighted by molar-refractivity contribution is 6.04. The maximum Gasteiger partial charge on any atom is 0.255 e. The van der Waals surface area contributed by atoms with Crippen molar-refractivity contribution in [1.82, 2.24) is 9.38 Å². The zero-order valence-electron chi connectivity index (χ0n) is 15.2. The van der Waals surface area contributed by atoms with E-state index in [1.165, 1.54) is 12.1 Å². The number of amides is 1. The lowest BCUT2D eigenvalue weighted by atomic mass is 10.2. The third-order valence-corrected chi connectivity index (χ3v) is 4.23. The fraction of sp³-hybridized carbons (Fsp3) is 0.0909. The van der Waals surface area contributed by atoms with Gasteiger partial charge < -0.3 is 14.5 Å². The first kappa shape index (κ1) is 17.7. The number of nitrogens with zero attached hydrogens (tertiary/aromatic N) is 2. The molecule has 140 valence electrons. The molecule has 2 aromatic heterocycles. The monoisotopic (exact) mass is 375 g/mol. The van der Waals surface area contributed by atoms with E-state index >= 15 is 0 Å². The quantitative estimate of drug-likeness (QED) is 0.554. The summed E-state index contributed by atoms with van der Waals surface area (Å²) in [5.74, 6) is -0.0768. The number of nitrogens with one attached hydrogen (secondary N) is 1. The standard InChI is InChI=1S/C22H18FN3O2/c1-15-5-10-21-24-19(13-26(21)12-15)14-28-20-8-6-16(7-9-20)22(27)25-18-4-2-3-17(23)11-18/h2-13H,14H2,1H3,(H,25,27). The molecule has 2 aromatic carbocycles. The first-order chi connectivity index (χ1) is 13.6. The number of benzene rings is 2. The number of rotatable bonds is 5. The van der Waals surface area contributed by atoms with Gasteiger partial charge in [0, 0.05) is 23.6 Å². The Morgan fingerprint density at radius 1 is 1.11 bits per heavy atom. The highest BCUT2D eigenvalue weighted by Gasteiger charge is 2.08. The number of pyridine rings is 1. The summed E-state index contributed by atoms with van der Waals surface area (Å²) in [5.41, 5.74) is 3.71. The molecule has 0 saturated heterocycles. The van der Waals surface area contributed by atoms with Crippen LogP contribution < -0.4 is 10.1 Å². The Hall–Kier alpha value is -3.67. The van der Waals surface area contributed by atoms with Gasteiger partial charge in [-0.15, -0.1) is 0 Å². The van der Waals surface area contributed by atoms with Crippen LogP contribution in [0.5, 0.6) is 5.75 Å². The van der Waals surface area contributed by atoms with Crippen LogP contribution in [0, 0.1) is 12.7 Å². The van der Waals surface area contributed by atoms with Crippen LogP contribution in [0.1, 0.15) is 21.6 Å². The predicted molar refractivity (Wildman–Crippen MR) is 105 cm³/mol. The summed E-state index contributed by atoms with van der Waals surface area (Å²) in [6.45, 7) is 2.36. The second-order valence-corrected chi connectivity index (χ2v) is 6.48. The molecule has 1 N–H and O–H groups in total. The van der Waals surface area contributed by atoms with E-state index in [0.29, 0.717) is 23.6 Å². The normalized spacial score (nSPS) is 10.8. The van der Waals surface area contributed by atoms with Crippen molar-refractivity contribution in [2.75, 3.05) is 5.32 Å². The number of aryl methyl sites for hydroxylation is 1. The molecule has 0 aliphatic rings. The van der Waals surface area contributed by atoms with Crippen molar-refractivity contribution in [3.05, 3.63) is 95.7 Å². The number of fused-ring (bicyclic) bond motifs is 1. The van der Waals surface area contributed by atoms with Gasteiger partial charge in [-0.3, -0.25) is 4.79 Å². The number of hydrogen-bond donors (Lipinski definition) is 1. The minimum atomic E-state index is -0.399. The van der Waals surface area contributed by atoms with Crippen LogP contribution in [-0.2, 0) is 6.61 Å². The Balaban J connectivity index is 1.39. The minimum Gasteiger partial charge on any atom is -0.487 e. The summed E-state index contributed by atoms with van der Waals surface area (Å²) in [7, 11) is 0. The summed E-state index contributed by atoms with van der Waals surface area (Å²) < 4.78 is 20.9. The molecule has 1 amide bonds. The lowest BCUT2D eigenvalue weighted by molar-refractivity contribution is 0.102. The Morgan fingerprint density at radius 3 is 2.71 bits per heavy atom. The minimum absolute atomic E-state index is 0.312. The van der Waals surface area contributed by atoms with Crippen molar-refractivity contribution in [1.29, 1.82) is 0 Å². The van der Waals surface area contributed by atoms with Gasteiger partial charge in [0.1, 0.15) is 23.8 Å². The van der Waals surface area contributed by atoms with E-state index in [9.17, 15) is 9.18 Å². The maximum atomic E-state index is 13.2. The van der Waals surface area contributed by atoms with Crippen molar-refractivity contribution >= 4 is 17.2 Å². The van der Waals surface area contributed by atoms with E-state index in [2.05, 4.69) is 10.3 Å². The van der Waals surface area contributed by atoms with E-state index < -0.39 is 5.82 Å². The number of imidazole rings is 1. The van der Waals surface area contributed by atoms with Crippen LogP contribution in [0.25, 0.3) is 5.65 Å². The Morgan fingerprint density at radius 2 is 1.93 bits per heavy atom. The van der Waals surface area contributed by atoms with Crippen LogP contribution in [0.4, 0.5) is 10.1 Å². The van der Waals surface area contributed by atoms with Crippen LogP contribution in [0.3, 0.4) is 0 Å². The van der Waals surface area contributed by atoms with Gasteiger partial charge in [-0.1, -0.05) is 12.1 Å². The van der Waals surface area contributed by atoms with E-state index in [1.54, 1.807) is 36.4 Å². The van der Waals surface area contributed by atoms with Gasteiger partial charge in [-0.25, -0.2) is 9.37 Å². The number of carbonyl (C=O) groups is 1. The molecule has 4 rings (SSSR count). The van der Waals surface area contributed by atoms with Crippen LogP contribution in [0.2, 0.25) is 0 Å². The molecule has 0 aliphatic heterocycles. The van der Waals surface area contributed by atoms with Gasteiger partial charge in [0.15, 0.2) is 0 Å². The molecule has 6 heteroatoms. The van der Waals surface area contributed by atoms with Crippen molar-refractivity contribution in [3.8, 4) is 5.75 Å². The average molecular weight is 375 g/mol. The van der Waals surface area contributed by atoms with Gasteiger partial charge in [-0.05, 0) is 61.0 Å². The van der Waals surface area contributed by atoms with Crippen molar-refractivity contribution in [2.24, 2.45) is 0 Å². The lowest BCUT2D eigenvalue weighted by Gasteiger charge is -2.07. The Labute approximate surface area is 161 Å². The molecule has 0 aliphatic carbocycles. The average Bonchev–Trinajstić information content (AvgIpc) is 3.09. The van der Waals surface area contributed by atoms with Gasteiger partial charge in [0.05, 0.1) is 5.69 Å². The number of aromatic nitrogens is 2. The summed E-state index contributed by atoms with van der Waals surface area (Å²) >= 11 is 0. The fourth-order valence-corrected chi connectivity index (χ4v) is 2.85. The highest BCUT2D eigenvalue weighted by atomic mass is 19.1. The van der Waals surface area contributed by atoms with E-state index in [-0.39, 0.29) is 5.91 Å². The first-order valence-electron chi connectivity index (χ1n) is 8.81. The van der Waals surface area contributed by atoms with Crippen LogP contribution >= 0.6 is 0 Å². The highest BCUT2D eigenvalue weighted by Crippen LogP contribution is 2.17. The molecular formula is C22H18FN3O2. The molecule has 28 heavy (non-hydrogen) atoms. The summed E-state index contributed by atoms with van der Waals surface area (Å²) in [4.78, 5) is 16.8. The fourth-order valence-electron chi connectivity index (χ4n) is 2.85. The molecule has 0 radical (unpaired) electrons. The maximum absolute atomic E-state index is 13.2. The number of halogens is 1. The molecule has 0 fully saturated rings. The van der Waals surface area contributed by atoms with E-state index in [4.69, 9.17) is 4.74 Å². The van der Waals surface area contributed by atoms with Crippen LogP contribution in [0.15, 0.2) is 73.1 Å². The van der Waals surface area contributed by atoms with Gasteiger partial charge >= 0.3 is 0 Å². The summed E-state index contributed by atoms with van der Waals surface area (Å²) in [5, 5.41) is 2.66. The third-order valence-electron chi connectivity index (χ3n) is 4.23. The number of anilines is 1. The molecule has 0 unspecified atom stereocenters. The smallest absolute Gasteiger partial charge is 0.255 e. The summed E-state index contributed by atoms with van der Waals surface area (Å²) in [6, 6.07) is 16.5. The van der Waals surface area contributed by atoms with E-state index in [1.807, 2.05) is 35.9 Å². The van der Waals surface area contributed by atoms with Gasteiger partial charge in [0.25, 0.3) is 5.91 Å². The van der Waals surface area contributed by atoms with Crippen molar-refractivity contribution in [2.45, 2.75) is 13.5 Å². The number of hydrogen-bond acceptors (Lipinski definition) is 3. The van der Waals surface area contributed by atoms with Crippen LogP contribution in [-0.4, -0.2) is 15.3 Å². The largest absolute Gasteiger partial charge is 0.487 e. The molecular weight excluding hydrogens is 357 g/mol. The molecule has 0 atom stereocenters. The molecule has 4 aromatic rings. The second kappa shape index (κ2) is 7.52. The number of carbonyl (C=O) groups excluding carboxylic acids is 1. The van der Waals surface area contributed by atoms with Gasteiger partial charge in [0.2, 0.25) is 0 Å². The first-order valence-corrected chi connectivity index (χ1v) is 8.81. The van der Waals surface area contributed by atoms with E-state index in [0.717, 1.165) is 16.9 Å². The second-order valence-electron chi connectivity index (χ2n) is 6.48. The molecule has 0 saturated carbocycles. The molecule has 5 nitrogen and oxygen atoms in total. The lowest BCUT2D eigenvalue weighted by Crippen LogP contribution is -2.11. The zero-order valence-corrected chi connectivity index (χ0v) is 15.2. The van der Waals surface area contributed by atoms with Crippen molar-refractivity contribution < 1.29 is 13.9 Å². The predicted octanol–water partition coefficient (Wildman–Crippen LogP) is 4.61. The third kappa shape index (κ3) is 4.01. The van der Waals surface area contributed by atoms with Crippen molar-refractivity contribution in [3.63, 3.8) is 0 Å². The Kier molecular flexibility index (Phi) is 4.76. The summed E-state index contributed by atoms with van der Waals surface area (Å²) in [6.07, 6.45) is 3.95. The zero-order chi connectivity index (χ0) is 19.5. The molecule has 0 spiro atoms. The number of ether oxygens (including phenoxy) is 1. The Bertz CT molecular complexity index is 1140. The molecule has 0 bridgehead atoms. The SMILES string of the molecule is Cc1ccc2nc(COc3ccc(C(=O)Nc4cccc(F)c4)cc3)cn2c1.